The molecule has 0 radical (unpaired) electrons. The van der Waals surface area contributed by atoms with Crippen LogP contribution in [-0.4, -0.2) is 24.7 Å². The molecule has 0 spiro atoms. The molecule has 0 amide bonds. The monoisotopic (exact) mass is 297 g/mol. The molecule has 0 atom stereocenters. The molecule has 0 aliphatic heterocycles. The van der Waals surface area contributed by atoms with Crippen LogP contribution in [0.15, 0.2) is 0 Å². The van der Waals surface area contributed by atoms with E-state index in [1.807, 2.05) is 0 Å². The van der Waals surface area contributed by atoms with E-state index in [-0.39, 0.29) is 23.1 Å². The molecule has 3 N–H and O–H groups in total. The van der Waals surface area contributed by atoms with Crippen molar-refractivity contribution in [3.05, 3.63) is 32.2 Å². The van der Waals surface area contributed by atoms with E-state index in [0.29, 0.717) is 16.4 Å². The molecular formula is C10H12ClN7O2. The molecule has 20 heavy (non-hydrogen) atoms. The first kappa shape index (κ1) is 14.2. The van der Waals surface area contributed by atoms with E-state index in [9.17, 15) is 10.1 Å². The minimum absolute atomic E-state index is 0.0166. The molecule has 0 saturated heterocycles. The molecule has 0 aliphatic rings. The molecule has 2 heterocycles. The number of nitrogen functional groups attached to an aromatic ring is 1. The highest BCUT2D eigenvalue weighted by Crippen LogP contribution is 2.29. The van der Waals surface area contributed by atoms with Crippen LogP contribution in [0.2, 0.25) is 5.02 Å². The molecule has 2 rings (SSSR count). The molecule has 0 bridgehead atoms. The van der Waals surface area contributed by atoms with E-state index in [1.165, 1.54) is 11.6 Å². The Labute approximate surface area is 118 Å². The number of halogens is 1. The number of nitrogens with zero attached hydrogens (tertiary/aromatic N) is 5. The second kappa shape index (κ2) is 5.02. The van der Waals surface area contributed by atoms with E-state index >= 15 is 0 Å². The van der Waals surface area contributed by atoms with Crippen LogP contribution in [0, 0.1) is 30.9 Å². The van der Waals surface area contributed by atoms with E-state index in [2.05, 4.69) is 20.5 Å². The SMILES string of the molecule is Cc1nn(-c2nc(NN)nc(C)c2[N+](=O)[O-])c(C)c1Cl. The largest absolute Gasteiger partial charge is 0.334 e. The minimum atomic E-state index is -0.560. The van der Waals surface area contributed by atoms with E-state index in [0.717, 1.165) is 0 Å². The number of anilines is 1. The third kappa shape index (κ3) is 2.17. The van der Waals surface area contributed by atoms with Crippen LogP contribution in [-0.2, 0) is 0 Å². The number of nitrogens with two attached hydrogens (primary N) is 1. The normalized spacial score (nSPS) is 10.7. The zero-order chi connectivity index (χ0) is 15.0. The lowest BCUT2D eigenvalue weighted by molar-refractivity contribution is -0.385. The lowest BCUT2D eigenvalue weighted by atomic mass is 10.3. The first-order valence-electron chi connectivity index (χ1n) is 5.58. The molecule has 2 aromatic heterocycles. The van der Waals surface area contributed by atoms with Gasteiger partial charge in [-0.3, -0.25) is 15.5 Å². The summed E-state index contributed by atoms with van der Waals surface area (Å²) in [5.41, 5.74) is 3.30. The van der Waals surface area contributed by atoms with Crippen molar-refractivity contribution in [1.82, 2.24) is 19.7 Å². The van der Waals surface area contributed by atoms with Crippen LogP contribution < -0.4 is 11.3 Å². The maximum Gasteiger partial charge on any atom is 0.334 e. The lowest BCUT2D eigenvalue weighted by Crippen LogP contribution is -2.15. The summed E-state index contributed by atoms with van der Waals surface area (Å²) in [5.74, 6) is 5.34. The molecule has 0 aliphatic carbocycles. The van der Waals surface area contributed by atoms with E-state index in [1.54, 1.807) is 13.8 Å². The fourth-order valence-corrected chi connectivity index (χ4v) is 1.93. The summed E-state index contributed by atoms with van der Waals surface area (Å²) in [6, 6.07) is 0. The topological polar surface area (TPSA) is 125 Å². The maximum atomic E-state index is 11.2. The number of aromatic nitrogens is 4. The Kier molecular flexibility index (Phi) is 3.55. The Bertz CT molecular complexity index is 697. The third-order valence-corrected chi connectivity index (χ3v) is 3.30. The van der Waals surface area contributed by atoms with Gasteiger partial charge in [-0.2, -0.15) is 10.1 Å². The highest BCUT2D eigenvalue weighted by atomic mass is 35.5. The molecule has 0 saturated carbocycles. The van der Waals surface area contributed by atoms with E-state index in [4.69, 9.17) is 17.4 Å². The zero-order valence-corrected chi connectivity index (χ0v) is 11.8. The summed E-state index contributed by atoms with van der Waals surface area (Å²) < 4.78 is 1.31. The highest BCUT2D eigenvalue weighted by molar-refractivity contribution is 6.31. The number of hydrogen-bond donors (Lipinski definition) is 2. The van der Waals surface area contributed by atoms with Gasteiger partial charge in [-0.25, -0.2) is 15.5 Å². The minimum Gasteiger partial charge on any atom is -0.292 e. The summed E-state index contributed by atoms with van der Waals surface area (Å²) >= 11 is 6.06. The third-order valence-electron chi connectivity index (χ3n) is 2.76. The maximum absolute atomic E-state index is 11.2. The Morgan fingerprint density at radius 3 is 2.40 bits per heavy atom. The van der Waals surface area contributed by atoms with Gasteiger partial charge in [-0.15, -0.1) is 0 Å². The van der Waals surface area contributed by atoms with Crippen LogP contribution in [0.25, 0.3) is 5.82 Å². The summed E-state index contributed by atoms with van der Waals surface area (Å²) in [6.45, 7) is 4.89. The van der Waals surface area contributed by atoms with Gasteiger partial charge < -0.3 is 0 Å². The van der Waals surface area contributed by atoms with Crippen molar-refractivity contribution < 1.29 is 4.92 Å². The lowest BCUT2D eigenvalue weighted by Gasteiger charge is -2.08. The number of nitrogens with one attached hydrogen (secondary N) is 1. The number of nitro groups is 1. The molecular weight excluding hydrogens is 286 g/mol. The second-order valence-corrected chi connectivity index (χ2v) is 4.48. The van der Waals surface area contributed by atoms with Crippen LogP contribution >= 0.6 is 11.6 Å². The second-order valence-electron chi connectivity index (χ2n) is 4.10. The van der Waals surface area contributed by atoms with Gasteiger partial charge in [0, 0.05) is 0 Å². The molecule has 0 unspecified atom stereocenters. The zero-order valence-electron chi connectivity index (χ0n) is 11.0. The van der Waals surface area contributed by atoms with Gasteiger partial charge >= 0.3 is 5.69 Å². The van der Waals surface area contributed by atoms with Gasteiger partial charge in [0.25, 0.3) is 0 Å². The van der Waals surface area contributed by atoms with Crippen molar-refractivity contribution in [2.24, 2.45) is 5.84 Å². The van der Waals surface area contributed by atoms with Crippen molar-refractivity contribution in [3.8, 4) is 5.82 Å². The molecule has 2 aromatic rings. The Morgan fingerprint density at radius 2 is 1.95 bits per heavy atom. The van der Waals surface area contributed by atoms with Crippen LogP contribution in [0.3, 0.4) is 0 Å². The van der Waals surface area contributed by atoms with Crippen molar-refractivity contribution in [1.29, 1.82) is 0 Å². The summed E-state index contributed by atoms with van der Waals surface area (Å²) in [6.07, 6.45) is 0. The van der Waals surface area contributed by atoms with Gasteiger partial charge in [0.1, 0.15) is 5.69 Å². The predicted molar refractivity (Wildman–Crippen MR) is 72.8 cm³/mol. The van der Waals surface area contributed by atoms with Crippen LogP contribution in [0.4, 0.5) is 11.6 Å². The van der Waals surface area contributed by atoms with Crippen molar-refractivity contribution >= 4 is 23.2 Å². The summed E-state index contributed by atoms with van der Waals surface area (Å²) in [5, 5.41) is 15.8. The van der Waals surface area contributed by atoms with Crippen molar-refractivity contribution in [3.63, 3.8) is 0 Å². The summed E-state index contributed by atoms with van der Waals surface area (Å²) in [4.78, 5) is 18.6. The fourth-order valence-electron chi connectivity index (χ4n) is 1.81. The van der Waals surface area contributed by atoms with Gasteiger partial charge in [0.05, 0.1) is 21.3 Å². The smallest absolute Gasteiger partial charge is 0.292 e. The average Bonchev–Trinajstić information content (AvgIpc) is 2.65. The number of aryl methyl sites for hydroxylation is 2. The first-order valence-corrected chi connectivity index (χ1v) is 5.96. The Morgan fingerprint density at radius 1 is 1.30 bits per heavy atom. The molecule has 106 valence electrons. The van der Waals surface area contributed by atoms with Gasteiger partial charge in [-0.1, -0.05) is 11.6 Å². The van der Waals surface area contributed by atoms with Gasteiger partial charge in [0.2, 0.25) is 11.8 Å². The number of rotatable bonds is 3. The van der Waals surface area contributed by atoms with Gasteiger partial charge in [-0.05, 0) is 20.8 Å². The number of hydrazine groups is 1. The van der Waals surface area contributed by atoms with Gasteiger partial charge in [0.15, 0.2) is 0 Å². The molecule has 9 nitrogen and oxygen atoms in total. The van der Waals surface area contributed by atoms with Crippen LogP contribution in [0.1, 0.15) is 17.1 Å². The fraction of sp³-hybridized carbons (Fsp3) is 0.300. The Balaban J connectivity index is 2.80. The molecule has 10 heteroatoms. The number of hydrogen-bond acceptors (Lipinski definition) is 7. The van der Waals surface area contributed by atoms with E-state index < -0.39 is 4.92 Å². The standard InChI is InChI=1S/C10H12ClN7O2/c1-4-7(11)6(3)17(16-4)9-8(18(19)20)5(2)13-10(14-9)15-12/h12H2,1-3H3,(H,13,14,15). The van der Waals surface area contributed by atoms with Crippen LogP contribution in [0.5, 0.6) is 0 Å². The molecule has 0 fully saturated rings. The summed E-state index contributed by atoms with van der Waals surface area (Å²) in [7, 11) is 0. The Hall–Kier alpha value is -2.26. The quantitative estimate of drug-likeness (QED) is 0.498. The van der Waals surface area contributed by atoms with Crippen molar-refractivity contribution in [2.45, 2.75) is 20.8 Å². The highest BCUT2D eigenvalue weighted by Gasteiger charge is 2.26. The predicted octanol–water partition coefficient (Wildman–Crippen LogP) is 1.43. The molecule has 0 aromatic carbocycles. The first-order chi connectivity index (χ1) is 9.36. The average molecular weight is 298 g/mol. The van der Waals surface area contributed by atoms with Crippen molar-refractivity contribution in [2.75, 3.05) is 5.43 Å².